The molecule has 0 bridgehead atoms. The summed E-state index contributed by atoms with van der Waals surface area (Å²) in [4.78, 5) is 10.3. The molecule has 24 heavy (non-hydrogen) atoms. The third-order valence-corrected chi connectivity index (χ3v) is 4.21. The number of rotatable bonds is 5. The molecular formula is C17H19N3O3S. The summed E-state index contributed by atoms with van der Waals surface area (Å²) in [6.07, 6.45) is -0.991. The second kappa shape index (κ2) is 6.70. The number of hydrogen-bond donors (Lipinski definition) is 1. The average molecular weight is 359 g/mol. The zero-order valence-electron chi connectivity index (χ0n) is 25.2. The van der Waals surface area contributed by atoms with Crippen molar-refractivity contribution in [1.82, 2.24) is 15.0 Å². The van der Waals surface area contributed by atoms with Gasteiger partial charge in [0.05, 0.1) is 40.5 Å². The van der Waals surface area contributed by atoms with Gasteiger partial charge in [0.1, 0.15) is 11.5 Å². The molecule has 0 aliphatic heterocycles. The molecule has 1 unspecified atom stereocenters. The molecule has 0 amide bonds. The molecule has 0 fully saturated rings. The normalized spacial score (nSPS) is 21.8. The Morgan fingerprint density at radius 3 is 3.04 bits per heavy atom. The molecule has 0 aliphatic rings. The van der Waals surface area contributed by atoms with Crippen molar-refractivity contribution in [2.45, 2.75) is 24.6 Å². The van der Waals surface area contributed by atoms with E-state index in [1.165, 1.54) is 7.11 Å². The Hall–Kier alpha value is -2.25. The lowest BCUT2D eigenvalue weighted by Crippen LogP contribution is -2.10. The summed E-state index contributed by atoms with van der Waals surface area (Å²) in [7, 11) is -2.08. The average Bonchev–Trinajstić information content (AvgIpc) is 3.15. The van der Waals surface area contributed by atoms with E-state index in [4.69, 9.17) is 27.3 Å². The van der Waals surface area contributed by atoms with E-state index in [1.807, 2.05) is 0 Å². The molecule has 1 atom stereocenters. The second-order valence-corrected chi connectivity index (χ2v) is 5.88. The number of benzene rings is 1. The number of methoxy groups -OCH3 is 2. The van der Waals surface area contributed by atoms with Crippen molar-refractivity contribution in [3.63, 3.8) is 0 Å². The minimum atomic E-state index is -3.29. The molecule has 0 saturated heterocycles. The second-order valence-electron chi connectivity index (χ2n) is 4.52. The van der Waals surface area contributed by atoms with Gasteiger partial charge in [-0.2, -0.15) is 4.98 Å². The van der Waals surface area contributed by atoms with Crippen LogP contribution in [-0.4, -0.2) is 33.7 Å². The van der Waals surface area contributed by atoms with E-state index in [9.17, 15) is 4.55 Å². The highest BCUT2D eigenvalue weighted by molar-refractivity contribution is 7.90. The number of pyridine rings is 1. The van der Waals surface area contributed by atoms with Crippen LogP contribution < -0.4 is 9.47 Å². The molecule has 3 rings (SSSR count). The van der Waals surface area contributed by atoms with Crippen molar-refractivity contribution < 1.29 is 31.8 Å². The monoisotopic (exact) mass is 358 g/mol. The van der Waals surface area contributed by atoms with Crippen molar-refractivity contribution in [3.05, 3.63) is 41.1 Å². The molecular weight excluding hydrogens is 326 g/mol. The summed E-state index contributed by atoms with van der Waals surface area (Å²) in [6, 6.07) is -1.19. The fourth-order valence-electron chi connectivity index (χ4n) is 1.89. The topological polar surface area (TPSA) is 83.1 Å². The highest BCUT2D eigenvalue weighted by atomic mass is 32.2. The summed E-state index contributed by atoms with van der Waals surface area (Å²) in [5.74, 6) is -2.10. The number of fused-ring (bicyclic) bond motifs is 1. The first-order valence-electron chi connectivity index (χ1n) is 12.9. The van der Waals surface area contributed by atoms with Crippen LogP contribution in [0.4, 0.5) is 0 Å². The molecule has 1 aromatic carbocycles. The number of imidazole rings is 1. The minimum absolute atomic E-state index is 0.0736. The first kappa shape index (κ1) is 6.93. The summed E-state index contributed by atoms with van der Waals surface area (Å²) in [6.45, 7) is -6.35. The quantitative estimate of drug-likeness (QED) is 0.709. The van der Waals surface area contributed by atoms with Gasteiger partial charge in [-0.3, -0.25) is 9.97 Å². The molecule has 0 spiro atoms. The van der Waals surface area contributed by atoms with Crippen LogP contribution in [0.25, 0.3) is 11.0 Å². The first-order valence-corrected chi connectivity index (χ1v) is 7.75. The van der Waals surface area contributed by atoms with Crippen molar-refractivity contribution in [2.75, 3.05) is 14.1 Å². The van der Waals surface area contributed by atoms with Crippen LogP contribution in [0, 0.1) is 13.7 Å². The minimum Gasteiger partial charge on any atom is -0.609 e. The lowest BCUT2D eigenvalue weighted by atomic mass is 10.1. The summed E-state index contributed by atoms with van der Waals surface area (Å²) in [5.41, 5.74) is -2.80. The van der Waals surface area contributed by atoms with Gasteiger partial charge < -0.3 is 14.0 Å². The Bertz CT molecular complexity index is 1350. The standard InChI is InChI=1S/C17H19N3O3S/c1-10-8-18-15(11(2)16(10)23-4)9-24(21)17-19-13-6-5-12(22-3)7-14(13)20-17/h5-8H,9H2,1-4H3,(H,19,20)/i1D3,2D3,4D3,5D,6D,7D,8D. The van der Waals surface area contributed by atoms with Gasteiger partial charge in [0.15, 0.2) is 5.75 Å². The van der Waals surface area contributed by atoms with Crippen LogP contribution >= 0.6 is 0 Å². The van der Waals surface area contributed by atoms with Crippen LogP contribution in [-0.2, 0) is 16.9 Å². The molecule has 2 heterocycles. The third kappa shape index (κ3) is 3.05. The molecule has 126 valence electrons. The van der Waals surface area contributed by atoms with E-state index < -0.39 is 78.5 Å². The molecule has 3 aromatic rings. The van der Waals surface area contributed by atoms with Crippen molar-refractivity contribution in [3.8, 4) is 11.5 Å². The summed E-state index contributed by atoms with van der Waals surface area (Å²) in [5, 5.41) is -0.340. The van der Waals surface area contributed by atoms with E-state index >= 15 is 0 Å². The number of nitrogens with zero attached hydrogens (tertiary/aromatic N) is 2. The van der Waals surface area contributed by atoms with Gasteiger partial charge in [0, 0.05) is 42.7 Å². The van der Waals surface area contributed by atoms with Crippen molar-refractivity contribution >= 4 is 22.2 Å². The fraction of sp³-hybridized carbons (Fsp3) is 0.294. The van der Waals surface area contributed by atoms with E-state index in [0.29, 0.717) is 0 Å². The van der Waals surface area contributed by atoms with Crippen molar-refractivity contribution in [2.24, 2.45) is 0 Å². The van der Waals surface area contributed by atoms with E-state index in [-0.39, 0.29) is 28.0 Å². The molecule has 0 saturated carbocycles. The van der Waals surface area contributed by atoms with Gasteiger partial charge in [-0.25, -0.2) is 0 Å². The van der Waals surface area contributed by atoms with Gasteiger partial charge in [-0.15, -0.1) is 0 Å². The highest BCUT2D eigenvalue weighted by Crippen LogP contribution is 2.27. The lowest BCUT2D eigenvalue weighted by molar-refractivity contribution is 0.407. The SMILES string of the molecule is [2H]c1nc(C[S+]([O-])c2nc3c([2H])c([2H])c(OC)c([2H])c3[nH]2)c(C([2H])([2H])[2H])c(OC([2H])([2H])[2H])c1C([2H])([2H])[2H]. The van der Waals surface area contributed by atoms with Crippen LogP contribution in [0.15, 0.2) is 29.5 Å². The molecule has 0 radical (unpaired) electrons. The largest absolute Gasteiger partial charge is 0.609 e. The lowest BCUT2D eigenvalue weighted by Gasteiger charge is -2.13. The third-order valence-electron chi connectivity index (χ3n) is 3.05. The Morgan fingerprint density at radius 1 is 1.38 bits per heavy atom. The zero-order chi connectivity index (χ0) is 28.2. The fourth-order valence-corrected chi connectivity index (χ4v) is 2.89. The predicted molar refractivity (Wildman–Crippen MR) is 93.0 cm³/mol. The van der Waals surface area contributed by atoms with Gasteiger partial charge in [-0.05, 0) is 25.8 Å². The smallest absolute Gasteiger partial charge is 0.322 e. The molecule has 2 aromatic heterocycles. The van der Waals surface area contributed by atoms with Gasteiger partial charge in [-0.1, -0.05) is 0 Å². The van der Waals surface area contributed by atoms with Crippen LogP contribution in [0.3, 0.4) is 0 Å². The molecule has 7 heteroatoms. The van der Waals surface area contributed by atoms with Gasteiger partial charge >= 0.3 is 5.16 Å². The Morgan fingerprint density at radius 2 is 2.29 bits per heavy atom. The maximum atomic E-state index is 13.2. The maximum absolute atomic E-state index is 13.2. The van der Waals surface area contributed by atoms with Gasteiger partial charge in [0.2, 0.25) is 0 Å². The van der Waals surface area contributed by atoms with Crippen LogP contribution in [0.1, 0.15) is 34.6 Å². The zero-order valence-corrected chi connectivity index (χ0v) is 13.1. The number of ether oxygens (including phenoxy) is 2. The van der Waals surface area contributed by atoms with Crippen LogP contribution in [0.5, 0.6) is 11.5 Å². The van der Waals surface area contributed by atoms with E-state index in [2.05, 4.69) is 15.0 Å². The number of H-pyrrole nitrogens is 1. The van der Waals surface area contributed by atoms with E-state index in [0.717, 1.165) is 0 Å². The van der Waals surface area contributed by atoms with Crippen molar-refractivity contribution in [1.29, 1.82) is 0 Å². The van der Waals surface area contributed by atoms with Gasteiger partial charge in [0.25, 0.3) is 0 Å². The summed E-state index contributed by atoms with van der Waals surface area (Å²) < 4.78 is 124. The first-order chi connectivity index (χ1) is 16.8. The molecule has 0 aliphatic carbocycles. The Balaban J connectivity index is 2.21. The number of aromatic amines is 1. The molecule has 1 N–H and O–H groups in total. The van der Waals surface area contributed by atoms with E-state index in [1.54, 1.807) is 0 Å². The van der Waals surface area contributed by atoms with Crippen LogP contribution in [0.2, 0.25) is 0 Å². The Labute approximate surface area is 161 Å². The summed E-state index contributed by atoms with van der Waals surface area (Å²) >= 11 is -2.28. The number of nitrogens with one attached hydrogen (secondary N) is 1. The highest BCUT2D eigenvalue weighted by Gasteiger charge is 2.21. The number of aromatic nitrogens is 3. The maximum Gasteiger partial charge on any atom is 0.322 e. The number of hydrogen-bond acceptors (Lipinski definition) is 5. The molecule has 6 nitrogen and oxygen atoms in total. The Kier molecular flexibility index (Phi) is 1.94. The predicted octanol–water partition coefficient (Wildman–Crippen LogP) is 2.90.